The number of piperidine rings is 1. The number of hydrogen-bond donors (Lipinski definition) is 1. The maximum Gasteiger partial charge on any atom is 0.256 e. The summed E-state index contributed by atoms with van der Waals surface area (Å²) in [7, 11) is -0.509. The number of sulfonamides is 1. The number of hydrogen-bond acceptors (Lipinski definition) is 6. The number of pyridine rings is 1. The molecule has 10 heteroatoms. The van der Waals surface area contributed by atoms with Gasteiger partial charge in [-0.1, -0.05) is 20.3 Å². The Morgan fingerprint density at radius 2 is 1.85 bits per heavy atom. The van der Waals surface area contributed by atoms with Gasteiger partial charge in [0, 0.05) is 31.5 Å². The quantitative estimate of drug-likeness (QED) is 0.569. The van der Waals surface area contributed by atoms with E-state index in [1.165, 1.54) is 17.5 Å². The lowest BCUT2D eigenvalue weighted by Crippen LogP contribution is -2.35. The fourth-order valence-electron chi connectivity index (χ4n) is 4.34. The third kappa shape index (κ3) is 4.39. The van der Waals surface area contributed by atoms with Gasteiger partial charge in [0.2, 0.25) is 10.0 Å². The zero-order valence-corrected chi connectivity index (χ0v) is 21.1. The first-order chi connectivity index (χ1) is 16.1. The van der Waals surface area contributed by atoms with Crippen molar-refractivity contribution in [3.05, 3.63) is 41.2 Å². The monoisotopic (exact) mass is 485 g/mol. The van der Waals surface area contributed by atoms with E-state index in [4.69, 9.17) is 4.74 Å². The maximum atomic E-state index is 13.4. The summed E-state index contributed by atoms with van der Waals surface area (Å²) in [5.74, 6) is 0.0189. The van der Waals surface area contributed by atoms with Crippen molar-refractivity contribution in [2.24, 2.45) is 7.05 Å². The van der Waals surface area contributed by atoms with E-state index in [2.05, 4.69) is 15.4 Å². The Bertz CT molecular complexity index is 1340. The Hall–Kier alpha value is -2.98. The minimum atomic E-state index is -3.75. The molecule has 1 aromatic carbocycles. The van der Waals surface area contributed by atoms with Crippen LogP contribution in [0.3, 0.4) is 0 Å². The summed E-state index contributed by atoms with van der Waals surface area (Å²) in [6.07, 6.45) is 2.68. The highest BCUT2D eigenvalue weighted by molar-refractivity contribution is 7.89. The smallest absolute Gasteiger partial charge is 0.256 e. The van der Waals surface area contributed by atoms with Gasteiger partial charge in [-0.25, -0.2) is 13.4 Å². The van der Waals surface area contributed by atoms with Gasteiger partial charge < -0.3 is 10.1 Å². The molecule has 0 unspecified atom stereocenters. The molecule has 9 nitrogen and oxygen atoms in total. The highest BCUT2D eigenvalue weighted by Crippen LogP contribution is 2.32. The number of aromatic nitrogens is 3. The number of aryl methyl sites for hydroxylation is 2. The van der Waals surface area contributed by atoms with Crippen LogP contribution in [0.25, 0.3) is 11.0 Å². The van der Waals surface area contributed by atoms with E-state index in [0.717, 1.165) is 25.0 Å². The van der Waals surface area contributed by atoms with Crippen molar-refractivity contribution < 1.29 is 17.9 Å². The molecular formula is C24H31N5O4S. The minimum Gasteiger partial charge on any atom is -0.495 e. The summed E-state index contributed by atoms with van der Waals surface area (Å²) in [5, 5.41) is 7.99. The molecule has 1 fully saturated rings. The van der Waals surface area contributed by atoms with Gasteiger partial charge in [-0.2, -0.15) is 9.40 Å². The van der Waals surface area contributed by atoms with Crippen molar-refractivity contribution >= 4 is 32.7 Å². The van der Waals surface area contributed by atoms with Gasteiger partial charge >= 0.3 is 0 Å². The van der Waals surface area contributed by atoms with Crippen molar-refractivity contribution in [3.8, 4) is 5.75 Å². The fraction of sp³-hybridized carbons (Fsp3) is 0.458. The fourth-order valence-corrected chi connectivity index (χ4v) is 6.04. The van der Waals surface area contributed by atoms with Crippen molar-refractivity contribution in [2.45, 2.75) is 50.8 Å². The van der Waals surface area contributed by atoms with Crippen molar-refractivity contribution in [2.75, 3.05) is 25.5 Å². The lowest BCUT2D eigenvalue weighted by Gasteiger charge is -2.26. The molecule has 0 bridgehead atoms. The number of nitrogens with zero attached hydrogens (tertiary/aromatic N) is 4. The summed E-state index contributed by atoms with van der Waals surface area (Å²) < 4.78 is 35.2. The zero-order valence-electron chi connectivity index (χ0n) is 20.3. The first kappa shape index (κ1) is 24.2. The average molecular weight is 486 g/mol. The Morgan fingerprint density at radius 1 is 1.15 bits per heavy atom. The number of carbonyl (C=O) groups is 1. The molecular weight excluding hydrogens is 454 g/mol. The van der Waals surface area contributed by atoms with Gasteiger partial charge in [-0.3, -0.25) is 9.48 Å². The van der Waals surface area contributed by atoms with Crippen LogP contribution in [0.15, 0.2) is 29.2 Å². The van der Waals surface area contributed by atoms with Gasteiger partial charge in [0.1, 0.15) is 10.6 Å². The summed E-state index contributed by atoms with van der Waals surface area (Å²) in [6.45, 7) is 6.83. The predicted octanol–water partition coefficient (Wildman–Crippen LogP) is 3.84. The van der Waals surface area contributed by atoms with Crippen LogP contribution in [-0.4, -0.2) is 53.6 Å². The zero-order chi connectivity index (χ0) is 24.6. The number of rotatable bonds is 6. The number of carbonyl (C=O) groups excluding carboxylic acids is 1. The SMILES string of the molecule is COc1ccc(NC(=O)c2cc(C(C)C)nc3c2c(C)nn3C)cc1S(=O)(=O)N1CCCCC1. The molecule has 0 radical (unpaired) electrons. The predicted molar refractivity (Wildman–Crippen MR) is 131 cm³/mol. The van der Waals surface area contributed by atoms with E-state index in [1.807, 2.05) is 20.8 Å². The van der Waals surface area contributed by atoms with Crippen LogP contribution in [0.1, 0.15) is 60.8 Å². The lowest BCUT2D eigenvalue weighted by atomic mass is 10.0. The standard InChI is InChI=1S/C24H31N5O4S/c1-15(2)19-14-18(22-16(3)27-28(4)23(22)26-19)24(30)25-17-9-10-20(33-5)21(13-17)34(31,32)29-11-7-6-8-12-29/h9-10,13-15H,6-8,11-12H2,1-5H3,(H,25,30). The number of benzene rings is 1. The molecule has 182 valence electrons. The molecule has 0 spiro atoms. The van der Waals surface area contributed by atoms with Crippen LogP contribution in [0.5, 0.6) is 5.75 Å². The molecule has 4 rings (SSSR count). The molecule has 1 amide bonds. The van der Waals surface area contributed by atoms with E-state index < -0.39 is 10.0 Å². The first-order valence-corrected chi connectivity index (χ1v) is 12.9. The summed E-state index contributed by atoms with van der Waals surface area (Å²) in [6, 6.07) is 6.47. The normalized spacial score (nSPS) is 15.1. The average Bonchev–Trinajstić information content (AvgIpc) is 3.12. The minimum absolute atomic E-state index is 0.0509. The largest absolute Gasteiger partial charge is 0.495 e. The molecule has 0 atom stereocenters. The van der Waals surface area contributed by atoms with Crippen molar-refractivity contribution in [3.63, 3.8) is 0 Å². The Morgan fingerprint density at radius 3 is 2.50 bits per heavy atom. The number of anilines is 1. The van der Waals surface area contributed by atoms with Crippen LogP contribution >= 0.6 is 0 Å². The van der Waals surface area contributed by atoms with Gasteiger partial charge in [-0.05, 0) is 49.9 Å². The molecule has 1 saturated heterocycles. The molecule has 1 aliphatic rings. The van der Waals surface area contributed by atoms with Gasteiger partial charge in [-0.15, -0.1) is 0 Å². The highest BCUT2D eigenvalue weighted by Gasteiger charge is 2.29. The third-order valence-electron chi connectivity index (χ3n) is 6.18. The molecule has 3 heterocycles. The number of nitrogens with one attached hydrogen (secondary N) is 1. The van der Waals surface area contributed by atoms with E-state index in [0.29, 0.717) is 41.1 Å². The topological polar surface area (TPSA) is 106 Å². The number of amides is 1. The lowest BCUT2D eigenvalue weighted by molar-refractivity contribution is 0.102. The molecule has 34 heavy (non-hydrogen) atoms. The summed E-state index contributed by atoms with van der Waals surface area (Å²) >= 11 is 0. The summed E-state index contributed by atoms with van der Waals surface area (Å²) in [5.41, 5.74) is 2.95. The van der Waals surface area contributed by atoms with Crippen LogP contribution < -0.4 is 10.1 Å². The van der Waals surface area contributed by atoms with Crippen LogP contribution in [0, 0.1) is 6.92 Å². The van der Waals surface area contributed by atoms with E-state index in [1.54, 1.807) is 29.9 Å². The number of methoxy groups -OCH3 is 1. The first-order valence-electron chi connectivity index (χ1n) is 11.5. The van der Waals surface area contributed by atoms with Crippen molar-refractivity contribution in [1.29, 1.82) is 0 Å². The van der Waals surface area contributed by atoms with Gasteiger partial charge in [0.05, 0.1) is 23.8 Å². The maximum absolute atomic E-state index is 13.4. The van der Waals surface area contributed by atoms with E-state index in [9.17, 15) is 13.2 Å². The Balaban J connectivity index is 1.73. The highest BCUT2D eigenvalue weighted by atomic mass is 32.2. The molecule has 3 aromatic rings. The number of ether oxygens (including phenoxy) is 1. The van der Waals surface area contributed by atoms with Crippen molar-refractivity contribution in [1.82, 2.24) is 19.1 Å². The van der Waals surface area contributed by atoms with Crippen LogP contribution in [0.4, 0.5) is 5.69 Å². The number of fused-ring (bicyclic) bond motifs is 1. The molecule has 1 aliphatic heterocycles. The summed E-state index contributed by atoms with van der Waals surface area (Å²) in [4.78, 5) is 18.2. The second-order valence-corrected chi connectivity index (χ2v) is 10.8. The second kappa shape index (κ2) is 9.34. The molecule has 1 N–H and O–H groups in total. The third-order valence-corrected chi connectivity index (χ3v) is 8.10. The second-order valence-electron chi connectivity index (χ2n) is 8.94. The van der Waals surface area contributed by atoms with E-state index in [-0.39, 0.29) is 22.5 Å². The van der Waals surface area contributed by atoms with E-state index >= 15 is 0 Å². The van der Waals surface area contributed by atoms with Gasteiger partial charge in [0.15, 0.2) is 5.65 Å². The Labute approximate surface area is 200 Å². The van der Waals surface area contributed by atoms with Gasteiger partial charge in [0.25, 0.3) is 5.91 Å². The van der Waals surface area contributed by atoms with Crippen LogP contribution in [-0.2, 0) is 17.1 Å². The molecule has 0 saturated carbocycles. The molecule has 2 aromatic heterocycles. The van der Waals surface area contributed by atoms with Crippen LogP contribution in [0.2, 0.25) is 0 Å². The Kier molecular flexibility index (Phi) is 6.64. The molecule has 0 aliphatic carbocycles.